The van der Waals surface area contributed by atoms with E-state index >= 15 is 0 Å². The second-order valence-electron chi connectivity index (χ2n) is 10.4. The first-order chi connectivity index (χ1) is 18.5. The number of nitrogens with zero attached hydrogens (tertiary/aromatic N) is 1. The smallest absolute Gasteiger partial charge is 0.309 e. The SMILES string of the molecule is COc1ccnc(C(=O)C[C@H]2CCOC[C@H](OCC(C)C)[C@@H](OCC(C)C)[C@H](C)OC2=O)c1OCOC(C)=O. The van der Waals surface area contributed by atoms with Crippen LogP contribution in [0.3, 0.4) is 0 Å². The van der Waals surface area contributed by atoms with Gasteiger partial charge in [-0.2, -0.15) is 0 Å². The molecule has 0 N–H and O–H groups in total. The van der Waals surface area contributed by atoms with Crippen molar-refractivity contribution >= 4 is 17.7 Å². The van der Waals surface area contributed by atoms with Crippen molar-refractivity contribution in [2.24, 2.45) is 17.8 Å². The molecule has 0 aliphatic carbocycles. The fraction of sp³-hybridized carbons (Fsp3) is 0.714. The van der Waals surface area contributed by atoms with Crippen LogP contribution in [0.1, 0.15) is 64.9 Å². The first-order valence-electron chi connectivity index (χ1n) is 13.4. The fourth-order valence-corrected chi connectivity index (χ4v) is 3.90. The van der Waals surface area contributed by atoms with Crippen LogP contribution < -0.4 is 9.47 Å². The van der Waals surface area contributed by atoms with Gasteiger partial charge in [0.25, 0.3) is 0 Å². The summed E-state index contributed by atoms with van der Waals surface area (Å²) in [6, 6.07) is 1.52. The topological polar surface area (TPSA) is 129 Å². The molecule has 0 saturated carbocycles. The van der Waals surface area contributed by atoms with E-state index < -0.39 is 48.7 Å². The first kappa shape index (κ1) is 32.5. The van der Waals surface area contributed by atoms with Crippen LogP contribution in [0.5, 0.6) is 11.5 Å². The second-order valence-corrected chi connectivity index (χ2v) is 10.4. The highest BCUT2D eigenvalue weighted by Crippen LogP contribution is 2.32. The van der Waals surface area contributed by atoms with Gasteiger partial charge in [0.05, 0.1) is 19.6 Å². The molecular weight excluding hydrogens is 510 g/mol. The molecule has 0 radical (unpaired) electrons. The van der Waals surface area contributed by atoms with E-state index in [1.54, 1.807) is 6.92 Å². The highest BCUT2D eigenvalue weighted by molar-refractivity contribution is 5.99. The molecule has 1 aromatic heterocycles. The third-order valence-electron chi connectivity index (χ3n) is 5.87. The molecule has 2 heterocycles. The van der Waals surface area contributed by atoms with Crippen LogP contribution in [0.2, 0.25) is 0 Å². The Morgan fingerprint density at radius 1 is 1.13 bits per heavy atom. The number of pyridine rings is 1. The number of rotatable bonds is 13. The largest absolute Gasteiger partial charge is 0.493 e. The maximum Gasteiger partial charge on any atom is 0.309 e. The molecule has 1 saturated heterocycles. The third kappa shape index (κ3) is 10.7. The Hall–Kier alpha value is -2.76. The van der Waals surface area contributed by atoms with Crippen LogP contribution in [0.4, 0.5) is 0 Å². The van der Waals surface area contributed by atoms with Gasteiger partial charge < -0.3 is 33.2 Å². The number of methoxy groups -OCH3 is 1. The molecule has 39 heavy (non-hydrogen) atoms. The molecule has 0 spiro atoms. The van der Waals surface area contributed by atoms with Crippen molar-refractivity contribution < 1.29 is 47.5 Å². The fourth-order valence-electron chi connectivity index (χ4n) is 3.90. The van der Waals surface area contributed by atoms with Crippen LogP contribution in [-0.2, 0) is 33.3 Å². The van der Waals surface area contributed by atoms with E-state index in [1.807, 2.05) is 13.8 Å². The Labute approximate surface area is 230 Å². The Morgan fingerprint density at radius 3 is 2.46 bits per heavy atom. The molecule has 2 rings (SSSR count). The number of cyclic esters (lactones) is 1. The first-order valence-corrected chi connectivity index (χ1v) is 13.4. The monoisotopic (exact) mass is 553 g/mol. The lowest BCUT2D eigenvalue weighted by Crippen LogP contribution is -2.47. The van der Waals surface area contributed by atoms with E-state index in [0.29, 0.717) is 19.1 Å². The Balaban J connectivity index is 2.20. The number of hydrogen-bond acceptors (Lipinski definition) is 11. The summed E-state index contributed by atoms with van der Waals surface area (Å²) >= 11 is 0. The highest BCUT2D eigenvalue weighted by Gasteiger charge is 2.36. The van der Waals surface area contributed by atoms with Crippen molar-refractivity contribution in [1.82, 2.24) is 4.98 Å². The standard InChI is InChI=1S/C28H43NO10/c1-17(2)13-35-24-15-34-11-9-21(28(32)39-19(5)26(24)36-14-18(3)4)12-22(31)25-27(38-16-37-20(6)30)23(33-7)8-10-29-25/h8,10,17-19,21,24,26H,9,11-16H2,1-7H3/t19-,21+,24-,26-/m0/s1. The van der Waals surface area contributed by atoms with Gasteiger partial charge in [-0.3, -0.25) is 14.4 Å². The molecule has 0 unspecified atom stereocenters. The summed E-state index contributed by atoms with van der Waals surface area (Å²) in [6.45, 7) is 12.2. The number of carbonyl (C=O) groups is 3. The average Bonchev–Trinajstić information content (AvgIpc) is 2.87. The molecular formula is C28H43NO10. The minimum Gasteiger partial charge on any atom is -0.493 e. The second kappa shape index (κ2) is 16.4. The van der Waals surface area contributed by atoms with E-state index in [9.17, 15) is 14.4 Å². The van der Waals surface area contributed by atoms with Crippen LogP contribution in [0.15, 0.2) is 12.3 Å². The van der Waals surface area contributed by atoms with Crippen molar-refractivity contribution in [3.05, 3.63) is 18.0 Å². The van der Waals surface area contributed by atoms with E-state index in [2.05, 4.69) is 18.8 Å². The van der Waals surface area contributed by atoms with Crippen LogP contribution in [-0.4, -0.2) is 81.3 Å². The molecule has 1 fully saturated rings. The zero-order valence-electron chi connectivity index (χ0n) is 24.1. The summed E-state index contributed by atoms with van der Waals surface area (Å²) in [5.74, 6) is -1.47. The highest BCUT2D eigenvalue weighted by atomic mass is 16.7. The minimum atomic E-state index is -0.784. The maximum atomic E-state index is 13.3. The number of hydrogen-bond donors (Lipinski definition) is 0. The summed E-state index contributed by atoms with van der Waals surface area (Å²) in [5.41, 5.74) is -0.0411. The zero-order chi connectivity index (χ0) is 28.9. The van der Waals surface area contributed by atoms with Gasteiger partial charge in [-0.25, -0.2) is 4.98 Å². The normalized spacial score (nSPS) is 22.3. The summed E-state index contributed by atoms with van der Waals surface area (Å²) in [5, 5.41) is 0. The molecule has 1 aliphatic rings. The molecule has 1 aliphatic heterocycles. The van der Waals surface area contributed by atoms with Crippen LogP contribution in [0.25, 0.3) is 0 Å². The summed E-state index contributed by atoms with van der Waals surface area (Å²) in [7, 11) is 1.41. The Morgan fingerprint density at radius 2 is 1.82 bits per heavy atom. The van der Waals surface area contributed by atoms with Crippen molar-refractivity contribution in [2.75, 3.05) is 40.3 Å². The maximum absolute atomic E-state index is 13.3. The molecule has 11 heteroatoms. The zero-order valence-corrected chi connectivity index (χ0v) is 24.1. The van der Waals surface area contributed by atoms with E-state index in [-0.39, 0.29) is 49.2 Å². The molecule has 0 amide bonds. The van der Waals surface area contributed by atoms with Gasteiger partial charge in [0.15, 0.2) is 23.0 Å². The molecule has 4 atom stereocenters. The predicted molar refractivity (Wildman–Crippen MR) is 141 cm³/mol. The number of Topliss-reactive ketones (excluding diaryl/α,β-unsaturated/α-hetero) is 1. The van der Waals surface area contributed by atoms with Gasteiger partial charge in [0.2, 0.25) is 6.79 Å². The number of ether oxygens (including phenoxy) is 7. The van der Waals surface area contributed by atoms with Crippen LogP contribution >= 0.6 is 0 Å². The number of esters is 2. The lowest BCUT2D eigenvalue weighted by Gasteiger charge is -2.34. The molecule has 0 aromatic carbocycles. The quantitative estimate of drug-likeness (QED) is 0.202. The number of carbonyl (C=O) groups excluding carboxylic acids is 3. The van der Waals surface area contributed by atoms with Gasteiger partial charge in [0, 0.05) is 45.4 Å². The van der Waals surface area contributed by atoms with Gasteiger partial charge in [-0.05, 0) is 25.2 Å². The molecule has 1 aromatic rings. The van der Waals surface area contributed by atoms with E-state index in [4.69, 9.17) is 33.2 Å². The van der Waals surface area contributed by atoms with Crippen molar-refractivity contribution in [3.63, 3.8) is 0 Å². The summed E-state index contributed by atoms with van der Waals surface area (Å²) in [4.78, 5) is 41.9. The molecule has 220 valence electrons. The van der Waals surface area contributed by atoms with Crippen molar-refractivity contribution in [2.45, 2.75) is 72.7 Å². The van der Waals surface area contributed by atoms with Gasteiger partial charge in [-0.1, -0.05) is 27.7 Å². The van der Waals surface area contributed by atoms with Gasteiger partial charge in [-0.15, -0.1) is 0 Å². The number of aromatic nitrogens is 1. The van der Waals surface area contributed by atoms with Crippen molar-refractivity contribution in [3.8, 4) is 11.5 Å². The average molecular weight is 554 g/mol. The van der Waals surface area contributed by atoms with Crippen LogP contribution in [0, 0.1) is 17.8 Å². The molecule has 11 nitrogen and oxygen atoms in total. The Bertz CT molecular complexity index is 935. The van der Waals surface area contributed by atoms with Gasteiger partial charge >= 0.3 is 11.9 Å². The minimum absolute atomic E-state index is 0.0244. The summed E-state index contributed by atoms with van der Waals surface area (Å²) in [6.07, 6.45) is -0.111. The van der Waals surface area contributed by atoms with E-state index in [1.165, 1.54) is 26.3 Å². The third-order valence-corrected chi connectivity index (χ3v) is 5.87. The lowest BCUT2D eigenvalue weighted by atomic mass is 9.96. The molecule has 0 bridgehead atoms. The summed E-state index contributed by atoms with van der Waals surface area (Å²) < 4.78 is 39.6. The number of ketones is 1. The van der Waals surface area contributed by atoms with Crippen molar-refractivity contribution in [1.29, 1.82) is 0 Å². The predicted octanol–water partition coefficient (Wildman–Crippen LogP) is 3.61. The van der Waals surface area contributed by atoms with Gasteiger partial charge in [0.1, 0.15) is 18.3 Å². The lowest BCUT2D eigenvalue weighted by molar-refractivity contribution is -0.183. The Kier molecular flexibility index (Phi) is 13.6. The van der Waals surface area contributed by atoms with E-state index in [0.717, 1.165) is 0 Å².